The summed E-state index contributed by atoms with van der Waals surface area (Å²) < 4.78 is 37.8. The van der Waals surface area contributed by atoms with Crippen LogP contribution in [0.4, 0.5) is 13.2 Å². The number of hydrogen-bond acceptors (Lipinski definition) is 2. The molecular weight excluding hydrogens is 233 g/mol. The van der Waals surface area contributed by atoms with Crippen molar-refractivity contribution in [3.8, 4) is 0 Å². The summed E-state index contributed by atoms with van der Waals surface area (Å²) in [5.74, 6) is -0.698. The summed E-state index contributed by atoms with van der Waals surface area (Å²) in [6.07, 6.45) is -2.01. The minimum Gasteiger partial charge on any atom is -0.341 e. The second kappa shape index (κ2) is 4.84. The highest BCUT2D eigenvalue weighted by Crippen LogP contribution is 2.31. The normalized spacial score (nSPS) is 24.8. The molecule has 0 saturated carbocycles. The Morgan fingerprint density at radius 2 is 2.06 bits per heavy atom. The number of nitrogens with zero attached hydrogens (tertiary/aromatic N) is 1. The molecule has 2 unspecified atom stereocenters. The molecule has 2 atom stereocenters. The fourth-order valence-corrected chi connectivity index (χ4v) is 2.11. The van der Waals surface area contributed by atoms with Gasteiger partial charge < -0.3 is 10.6 Å². The molecule has 1 aliphatic rings. The zero-order valence-corrected chi connectivity index (χ0v) is 10.2. The lowest BCUT2D eigenvalue weighted by atomic mass is 10.0. The Kier molecular flexibility index (Phi) is 4.06. The standard InChI is InChI=1S/C11H19F3N2O/c1-3-4-8-5-6-16(7-8)9(17)10(2,15)11(12,13)14/h8H,3-7,15H2,1-2H3. The van der Waals surface area contributed by atoms with Crippen LogP contribution in [0.2, 0.25) is 0 Å². The van der Waals surface area contributed by atoms with E-state index in [-0.39, 0.29) is 0 Å². The number of carbonyl (C=O) groups excluding carboxylic acids is 1. The zero-order chi connectivity index (χ0) is 13.3. The quantitative estimate of drug-likeness (QED) is 0.834. The van der Waals surface area contributed by atoms with E-state index in [4.69, 9.17) is 5.73 Å². The Morgan fingerprint density at radius 1 is 1.47 bits per heavy atom. The number of halogens is 3. The molecule has 1 fully saturated rings. The average molecular weight is 252 g/mol. The highest BCUT2D eigenvalue weighted by molar-refractivity contribution is 5.86. The van der Waals surface area contributed by atoms with Crippen LogP contribution >= 0.6 is 0 Å². The van der Waals surface area contributed by atoms with Gasteiger partial charge in [-0.2, -0.15) is 13.2 Å². The van der Waals surface area contributed by atoms with Gasteiger partial charge in [0, 0.05) is 13.1 Å². The summed E-state index contributed by atoms with van der Waals surface area (Å²) in [7, 11) is 0. The molecule has 2 N–H and O–H groups in total. The predicted molar refractivity (Wildman–Crippen MR) is 58.2 cm³/mol. The van der Waals surface area contributed by atoms with Gasteiger partial charge in [0.2, 0.25) is 0 Å². The molecule has 100 valence electrons. The van der Waals surface area contributed by atoms with E-state index >= 15 is 0 Å². The summed E-state index contributed by atoms with van der Waals surface area (Å²) in [5.41, 5.74) is 2.35. The van der Waals surface area contributed by atoms with Gasteiger partial charge in [-0.3, -0.25) is 4.79 Å². The molecule has 3 nitrogen and oxygen atoms in total. The molecular formula is C11H19F3N2O. The predicted octanol–water partition coefficient (Wildman–Crippen LogP) is 1.91. The highest BCUT2D eigenvalue weighted by Gasteiger charge is 2.55. The van der Waals surface area contributed by atoms with Gasteiger partial charge >= 0.3 is 6.18 Å². The first-order valence-corrected chi connectivity index (χ1v) is 5.85. The first kappa shape index (κ1) is 14.3. The van der Waals surface area contributed by atoms with E-state index in [1.54, 1.807) is 0 Å². The van der Waals surface area contributed by atoms with Crippen molar-refractivity contribution in [1.82, 2.24) is 4.90 Å². The minimum absolute atomic E-state index is 0.313. The van der Waals surface area contributed by atoms with Crippen molar-refractivity contribution in [2.24, 2.45) is 11.7 Å². The van der Waals surface area contributed by atoms with Gasteiger partial charge in [0.05, 0.1) is 0 Å². The summed E-state index contributed by atoms with van der Waals surface area (Å²) in [4.78, 5) is 13.0. The van der Waals surface area contributed by atoms with Gasteiger partial charge in [0.1, 0.15) is 0 Å². The molecule has 0 radical (unpaired) electrons. The van der Waals surface area contributed by atoms with Crippen molar-refractivity contribution in [3.05, 3.63) is 0 Å². The first-order valence-electron chi connectivity index (χ1n) is 5.85. The second-order valence-electron chi connectivity index (χ2n) is 4.89. The summed E-state index contributed by atoms with van der Waals surface area (Å²) in [6.45, 7) is 3.54. The molecule has 1 rings (SSSR count). The third-order valence-corrected chi connectivity index (χ3v) is 3.30. The van der Waals surface area contributed by atoms with E-state index in [0.717, 1.165) is 26.2 Å². The molecule has 0 aliphatic carbocycles. The maximum atomic E-state index is 12.6. The van der Waals surface area contributed by atoms with Crippen molar-refractivity contribution >= 4 is 5.91 Å². The molecule has 0 aromatic rings. The molecule has 1 amide bonds. The van der Waals surface area contributed by atoms with E-state index < -0.39 is 17.6 Å². The number of hydrogen-bond donors (Lipinski definition) is 1. The van der Waals surface area contributed by atoms with Crippen molar-refractivity contribution in [3.63, 3.8) is 0 Å². The fourth-order valence-electron chi connectivity index (χ4n) is 2.11. The molecule has 0 aromatic heterocycles. The number of carbonyl (C=O) groups is 1. The van der Waals surface area contributed by atoms with Crippen LogP contribution in [-0.2, 0) is 4.79 Å². The molecule has 17 heavy (non-hydrogen) atoms. The van der Waals surface area contributed by atoms with Crippen LogP contribution < -0.4 is 5.73 Å². The molecule has 1 saturated heterocycles. The number of rotatable bonds is 3. The third-order valence-electron chi connectivity index (χ3n) is 3.30. The van der Waals surface area contributed by atoms with Crippen LogP contribution in [0, 0.1) is 5.92 Å². The minimum atomic E-state index is -4.70. The fraction of sp³-hybridized carbons (Fsp3) is 0.909. The Bertz CT molecular complexity index is 289. The van der Waals surface area contributed by atoms with E-state index in [9.17, 15) is 18.0 Å². The van der Waals surface area contributed by atoms with Crippen LogP contribution in [0.1, 0.15) is 33.1 Å². The van der Waals surface area contributed by atoms with Crippen molar-refractivity contribution in [2.75, 3.05) is 13.1 Å². The molecule has 0 spiro atoms. The molecule has 1 aliphatic heterocycles. The van der Waals surface area contributed by atoms with Crippen LogP contribution in [-0.4, -0.2) is 35.6 Å². The van der Waals surface area contributed by atoms with Gasteiger partial charge in [-0.1, -0.05) is 13.3 Å². The second-order valence-corrected chi connectivity index (χ2v) is 4.89. The van der Waals surface area contributed by atoms with Crippen molar-refractivity contribution in [2.45, 2.75) is 44.8 Å². The van der Waals surface area contributed by atoms with Gasteiger partial charge in [0.15, 0.2) is 5.54 Å². The summed E-state index contributed by atoms with van der Waals surface area (Å²) in [6, 6.07) is 0. The van der Waals surface area contributed by atoms with Crippen molar-refractivity contribution < 1.29 is 18.0 Å². The highest BCUT2D eigenvalue weighted by atomic mass is 19.4. The SMILES string of the molecule is CCCC1CCN(C(=O)C(C)(N)C(F)(F)F)C1. The lowest BCUT2D eigenvalue weighted by molar-refractivity contribution is -0.193. The largest absolute Gasteiger partial charge is 0.415 e. The van der Waals surface area contributed by atoms with Gasteiger partial charge in [-0.15, -0.1) is 0 Å². The maximum Gasteiger partial charge on any atom is 0.415 e. The van der Waals surface area contributed by atoms with Crippen LogP contribution in [0.25, 0.3) is 0 Å². The summed E-state index contributed by atoms with van der Waals surface area (Å²) in [5, 5.41) is 0. The number of nitrogens with two attached hydrogens (primary N) is 1. The maximum absolute atomic E-state index is 12.6. The lowest BCUT2D eigenvalue weighted by Gasteiger charge is -2.30. The van der Waals surface area contributed by atoms with E-state index in [2.05, 4.69) is 0 Å². The Morgan fingerprint density at radius 3 is 2.53 bits per heavy atom. The van der Waals surface area contributed by atoms with E-state index in [0.29, 0.717) is 19.0 Å². The lowest BCUT2D eigenvalue weighted by Crippen LogP contribution is -2.61. The summed E-state index contributed by atoms with van der Waals surface area (Å²) >= 11 is 0. The number of likely N-dealkylation sites (tertiary alicyclic amines) is 1. The Hall–Kier alpha value is -0.780. The molecule has 0 aromatic carbocycles. The molecule has 0 bridgehead atoms. The van der Waals surface area contributed by atoms with E-state index in [1.165, 1.54) is 4.90 Å². The van der Waals surface area contributed by atoms with Crippen molar-refractivity contribution in [1.29, 1.82) is 0 Å². The van der Waals surface area contributed by atoms with E-state index in [1.807, 2.05) is 6.92 Å². The van der Waals surface area contributed by atoms with Crippen LogP contribution in [0.15, 0.2) is 0 Å². The Labute approximate surface area is 99.1 Å². The monoisotopic (exact) mass is 252 g/mol. The first-order chi connectivity index (χ1) is 7.70. The average Bonchev–Trinajstić information content (AvgIpc) is 2.64. The van der Waals surface area contributed by atoms with Gasteiger partial charge in [-0.25, -0.2) is 0 Å². The Balaban J connectivity index is 2.67. The van der Waals surface area contributed by atoms with Crippen LogP contribution in [0.3, 0.4) is 0 Å². The van der Waals surface area contributed by atoms with Crippen LogP contribution in [0.5, 0.6) is 0 Å². The number of alkyl halides is 3. The zero-order valence-electron chi connectivity index (χ0n) is 10.2. The van der Waals surface area contributed by atoms with Gasteiger partial charge in [0.25, 0.3) is 5.91 Å². The number of amides is 1. The third kappa shape index (κ3) is 2.91. The molecule has 1 heterocycles. The smallest absolute Gasteiger partial charge is 0.341 e. The molecule has 6 heteroatoms. The topological polar surface area (TPSA) is 46.3 Å². The van der Waals surface area contributed by atoms with Gasteiger partial charge in [-0.05, 0) is 25.7 Å².